The maximum atomic E-state index is 5.24. The van der Waals surface area contributed by atoms with Gasteiger partial charge >= 0.3 is 0 Å². The summed E-state index contributed by atoms with van der Waals surface area (Å²) in [4.78, 5) is 4.22. The first kappa shape index (κ1) is 13.5. The highest BCUT2D eigenvalue weighted by atomic mass is 16.5. The van der Waals surface area contributed by atoms with Crippen molar-refractivity contribution in [3.63, 3.8) is 0 Å². The number of imidazole rings is 1. The Hall–Kier alpha value is -1.97. The number of rotatable bonds is 6. The molecular formula is C15H21N3O. The van der Waals surface area contributed by atoms with Crippen molar-refractivity contribution in [1.82, 2.24) is 9.55 Å². The summed E-state index contributed by atoms with van der Waals surface area (Å²) in [6, 6.07) is 6.09. The van der Waals surface area contributed by atoms with Crippen molar-refractivity contribution in [2.24, 2.45) is 0 Å². The van der Waals surface area contributed by atoms with Gasteiger partial charge in [0, 0.05) is 37.2 Å². The average Bonchev–Trinajstić information content (AvgIpc) is 2.82. The summed E-state index contributed by atoms with van der Waals surface area (Å²) in [6.45, 7) is 6.05. The molecule has 0 radical (unpaired) electrons. The zero-order valence-corrected chi connectivity index (χ0v) is 11.8. The minimum absolute atomic E-state index is 0.888. The topological polar surface area (TPSA) is 39.1 Å². The minimum atomic E-state index is 0.888. The first-order valence-electron chi connectivity index (χ1n) is 6.57. The molecule has 0 amide bonds. The normalized spacial score (nSPS) is 10.5. The SMILES string of the molecule is COc1ccc(C)c(NCCCn2ccnc2C)c1. The minimum Gasteiger partial charge on any atom is -0.497 e. The molecule has 0 saturated heterocycles. The number of anilines is 1. The fraction of sp³-hybridized carbons (Fsp3) is 0.400. The van der Waals surface area contributed by atoms with Crippen LogP contribution in [0.15, 0.2) is 30.6 Å². The number of nitrogens with one attached hydrogen (secondary N) is 1. The van der Waals surface area contributed by atoms with Crippen molar-refractivity contribution >= 4 is 5.69 Å². The van der Waals surface area contributed by atoms with Crippen molar-refractivity contribution in [2.75, 3.05) is 19.0 Å². The third-order valence-corrected chi connectivity index (χ3v) is 3.26. The number of benzene rings is 1. The van der Waals surface area contributed by atoms with Crippen LogP contribution < -0.4 is 10.1 Å². The second-order valence-electron chi connectivity index (χ2n) is 4.63. The Morgan fingerprint density at radius 2 is 2.16 bits per heavy atom. The molecular weight excluding hydrogens is 238 g/mol. The number of hydrogen-bond acceptors (Lipinski definition) is 3. The highest BCUT2D eigenvalue weighted by Gasteiger charge is 2.01. The van der Waals surface area contributed by atoms with Crippen LogP contribution in [0.3, 0.4) is 0 Å². The molecule has 0 aliphatic rings. The number of hydrogen-bond donors (Lipinski definition) is 1. The molecule has 2 aromatic rings. The van der Waals surface area contributed by atoms with E-state index < -0.39 is 0 Å². The van der Waals surface area contributed by atoms with Gasteiger partial charge in [0.2, 0.25) is 0 Å². The lowest BCUT2D eigenvalue weighted by atomic mass is 10.2. The standard InChI is InChI=1S/C15H21N3O/c1-12-5-6-14(19-3)11-15(12)17-7-4-9-18-10-8-16-13(18)2/h5-6,8,10-11,17H,4,7,9H2,1-3H3. The molecule has 4 nitrogen and oxygen atoms in total. The number of methoxy groups -OCH3 is 1. The van der Waals surface area contributed by atoms with Gasteiger partial charge in [0.25, 0.3) is 0 Å². The Morgan fingerprint density at radius 3 is 2.84 bits per heavy atom. The van der Waals surface area contributed by atoms with Gasteiger partial charge in [-0.3, -0.25) is 0 Å². The largest absolute Gasteiger partial charge is 0.497 e. The van der Waals surface area contributed by atoms with Crippen LogP contribution in [0.2, 0.25) is 0 Å². The molecule has 0 spiro atoms. The summed E-state index contributed by atoms with van der Waals surface area (Å²) in [7, 11) is 1.69. The average molecular weight is 259 g/mol. The summed E-state index contributed by atoms with van der Waals surface area (Å²) in [5.41, 5.74) is 2.38. The van der Waals surface area contributed by atoms with E-state index in [1.807, 2.05) is 31.5 Å². The van der Waals surface area contributed by atoms with E-state index in [4.69, 9.17) is 4.74 Å². The molecule has 102 valence electrons. The van der Waals surface area contributed by atoms with E-state index >= 15 is 0 Å². The lowest BCUT2D eigenvalue weighted by Gasteiger charge is -2.11. The number of aromatic nitrogens is 2. The van der Waals surface area contributed by atoms with Crippen molar-refractivity contribution in [1.29, 1.82) is 0 Å². The lowest BCUT2D eigenvalue weighted by molar-refractivity contribution is 0.415. The molecule has 1 heterocycles. The number of ether oxygens (including phenoxy) is 1. The van der Waals surface area contributed by atoms with Crippen LogP contribution in [-0.2, 0) is 6.54 Å². The van der Waals surface area contributed by atoms with E-state index in [2.05, 4.69) is 27.9 Å². The molecule has 1 N–H and O–H groups in total. The van der Waals surface area contributed by atoms with Gasteiger partial charge in [-0.25, -0.2) is 4.98 Å². The van der Waals surface area contributed by atoms with E-state index in [0.717, 1.165) is 36.8 Å². The monoisotopic (exact) mass is 259 g/mol. The Bertz CT molecular complexity index is 534. The molecule has 0 aliphatic carbocycles. The van der Waals surface area contributed by atoms with Gasteiger partial charge in [-0.05, 0) is 31.9 Å². The fourth-order valence-electron chi connectivity index (χ4n) is 2.03. The molecule has 4 heteroatoms. The third kappa shape index (κ3) is 3.50. The zero-order valence-electron chi connectivity index (χ0n) is 11.8. The second-order valence-corrected chi connectivity index (χ2v) is 4.63. The highest BCUT2D eigenvalue weighted by molar-refractivity contribution is 5.54. The van der Waals surface area contributed by atoms with E-state index in [1.165, 1.54) is 5.56 Å². The number of nitrogens with zero attached hydrogens (tertiary/aromatic N) is 2. The molecule has 0 unspecified atom stereocenters. The van der Waals surface area contributed by atoms with Gasteiger partial charge in [-0.1, -0.05) is 6.07 Å². The maximum Gasteiger partial charge on any atom is 0.120 e. The van der Waals surface area contributed by atoms with Crippen LogP contribution in [0.25, 0.3) is 0 Å². The van der Waals surface area contributed by atoms with E-state index in [9.17, 15) is 0 Å². The molecule has 0 aliphatic heterocycles. The van der Waals surface area contributed by atoms with E-state index in [-0.39, 0.29) is 0 Å². The molecule has 19 heavy (non-hydrogen) atoms. The first-order chi connectivity index (χ1) is 9.20. The molecule has 1 aromatic heterocycles. The third-order valence-electron chi connectivity index (χ3n) is 3.26. The van der Waals surface area contributed by atoms with E-state index in [0.29, 0.717) is 0 Å². The van der Waals surface area contributed by atoms with Gasteiger partial charge in [-0.2, -0.15) is 0 Å². The quantitative estimate of drug-likeness (QED) is 0.810. The molecule has 0 saturated carbocycles. The van der Waals surface area contributed by atoms with Crippen molar-refractivity contribution < 1.29 is 4.74 Å². The maximum absolute atomic E-state index is 5.24. The summed E-state index contributed by atoms with van der Waals surface area (Å²) in [5.74, 6) is 1.95. The van der Waals surface area contributed by atoms with Crippen LogP contribution in [0, 0.1) is 13.8 Å². The van der Waals surface area contributed by atoms with Gasteiger partial charge in [0.1, 0.15) is 11.6 Å². The van der Waals surface area contributed by atoms with Crippen molar-refractivity contribution in [3.05, 3.63) is 42.0 Å². The Labute approximate surface area is 114 Å². The fourth-order valence-corrected chi connectivity index (χ4v) is 2.03. The molecule has 2 rings (SSSR count). The van der Waals surface area contributed by atoms with E-state index in [1.54, 1.807) is 7.11 Å². The van der Waals surface area contributed by atoms with Gasteiger partial charge < -0.3 is 14.6 Å². The first-order valence-corrected chi connectivity index (χ1v) is 6.57. The number of aryl methyl sites for hydroxylation is 3. The summed E-state index contributed by atoms with van der Waals surface area (Å²) in [6.07, 6.45) is 4.93. The molecule has 0 atom stereocenters. The summed E-state index contributed by atoms with van der Waals surface area (Å²) in [5, 5.41) is 3.46. The molecule has 1 aromatic carbocycles. The molecule has 0 fully saturated rings. The zero-order chi connectivity index (χ0) is 13.7. The van der Waals surface area contributed by atoms with Crippen LogP contribution >= 0.6 is 0 Å². The Morgan fingerprint density at radius 1 is 1.32 bits per heavy atom. The Balaban J connectivity index is 1.84. The van der Waals surface area contributed by atoms with Crippen LogP contribution in [0.5, 0.6) is 5.75 Å². The van der Waals surface area contributed by atoms with Crippen molar-refractivity contribution in [2.45, 2.75) is 26.8 Å². The van der Waals surface area contributed by atoms with Gasteiger partial charge in [0.05, 0.1) is 7.11 Å². The highest BCUT2D eigenvalue weighted by Crippen LogP contribution is 2.21. The predicted molar refractivity (Wildman–Crippen MR) is 77.8 cm³/mol. The van der Waals surface area contributed by atoms with Crippen LogP contribution in [-0.4, -0.2) is 23.2 Å². The lowest BCUT2D eigenvalue weighted by Crippen LogP contribution is -2.08. The molecule has 0 bridgehead atoms. The van der Waals surface area contributed by atoms with Gasteiger partial charge in [0.15, 0.2) is 0 Å². The van der Waals surface area contributed by atoms with Crippen LogP contribution in [0.4, 0.5) is 5.69 Å². The summed E-state index contributed by atoms with van der Waals surface area (Å²) >= 11 is 0. The predicted octanol–water partition coefficient (Wildman–Crippen LogP) is 3.01. The van der Waals surface area contributed by atoms with Crippen molar-refractivity contribution in [3.8, 4) is 5.75 Å². The van der Waals surface area contributed by atoms with Crippen LogP contribution in [0.1, 0.15) is 17.8 Å². The Kier molecular flexibility index (Phi) is 4.44. The van der Waals surface area contributed by atoms with Gasteiger partial charge in [-0.15, -0.1) is 0 Å². The second kappa shape index (κ2) is 6.27. The summed E-state index contributed by atoms with van der Waals surface area (Å²) < 4.78 is 7.41. The smallest absolute Gasteiger partial charge is 0.120 e.